The van der Waals surface area contributed by atoms with Crippen LogP contribution < -0.4 is 0 Å². The van der Waals surface area contributed by atoms with Gasteiger partial charge in [0.2, 0.25) is 0 Å². The van der Waals surface area contributed by atoms with Gasteiger partial charge < -0.3 is 5.11 Å². The lowest BCUT2D eigenvalue weighted by molar-refractivity contribution is -0.151. The first-order valence-corrected chi connectivity index (χ1v) is 6.72. The van der Waals surface area contributed by atoms with Gasteiger partial charge in [-0.15, -0.1) is 0 Å². The van der Waals surface area contributed by atoms with Crippen molar-refractivity contribution in [3.05, 3.63) is 0 Å². The first-order valence-electron chi connectivity index (χ1n) is 4.90. The summed E-state index contributed by atoms with van der Waals surface area (Å²) >= 11 is 0. The average molecular weight is 218 g/mol. The molecule has 0 aromatic rings. The van der Waals surface area contributed by atoms with Gasteiger partial charge in [-0.2, -0.15) is 0 Å². The van der Waals surface area contributed by atoms with Gasteiger partial charge in [-0.05, 0) is 18.8 Å². The number of fused-ring (bicyclic) bond motifs is 1. The molecule has 1 aliphatic carbocycles. The molecule has 4 nitrogen and oxygen atoms in total. The van der Waals surface area contributed by atoms with Gasteiger partial charge in [-0.3, -0.25) is 4.79 Å². The summed E-state index contributed by atoms with van der Waals surface area (Å²) in [5.74, 6) is -1.11. The molecule has 2 fully saturated rings. The summed E-state index contributed by atoms with van der Waals surface area (Å²) in [5, 5.41) is 9.17. The quantitative estimate of drug-likeness (QED) is 0.702. The second-order valence-corrected chi connectivity index (χ2v) is 6.57. The van der Waals surface area contributed by atoms with Gasteiger partial charge >= 0.3 is 5.97 Å². The standard InChI is InChI=1S/C9H14O4S/c10-8(11)9-4-2-1-3-7(9)5-14(12,13)6-9/h7H,1-6H2,(H,10,11). The number of carboxylic acids is 1. The van der Waals surface area contributed by atoms with Gasteiger partial charge in [0.05, 0.1) is 16.9 Å². The van der Waals surface area contributed by atoms with E-state index in [2.05, 4.69) is 0 Å². The fourth-order valence-electron chi connectivity index (χ4n) is 2.85. The smallest absolute Gasteiger partial charge is 0.310 e. The second-order valence-electron chi connectivity index (χ2n) is 4.46. The number of sulfone groups is 1. The molecule has 1 saturated heterocycles. The van der Waals surface area contributed by atoms with Crippen LogP contribution in [-0.2, 0) is 14.6 Å². The van der Waals surface area contributed by atoms with Gasteiger partial charge in [0, 0.05) is 0 Å². The largest absolute Gasteiger partial charge is 0.481 e. The molecular weight excluding hydrogens is 204 g/mol. The third-order valence-corrected chi connectivity index (χ3v) is 5.43. The number of aliphatic carboxylic acids is 1. The predicted octanol–water partition coefficient (Wildman–Crippen LogP) is 0.676. The summed E-state index contributed by atoms with van der Waals surface area (Å²) in [6.45, 7) is 0. The van der Waals surface area contributed by atoms with Crippen molar-refractivity contribution in [1.82, 2.24) is 0 Å². The van der Waals surface area contributed by atoms with Crippen molar-refractivity contribution in [2.24, 2.45) is 11.3 Å². The average Bonchev–Trinajstić information content (AvgIpc) is 2.35. The zero-order valence-electron chi connectivity index (χ0n) is 7.90. The minimum atomic E-state index is -3.11. The van der Waals surface area contributed by atoms with Crippen LogP contribution in [-0.4, -0.2) is 31.0 Å². The number of carboxylic acid groups (broad SMARTS) is 1. The molecule has 2 atom stereocenters. The van der Waals surface area contributed by atoms with Crippen LogP contribution in [0.1, 0.15) is 25.7 Å². The Balaban J connectivity index is 2.39. The van der Waals surface area contributed by atoms with Crippen molar-refractivity contribution >= 4 is 15.8 Å². The third kappa shape index (κ3) is 1.34. The monoisotopic (exact) mass is 218 g/mol. The van der Waals surface area contributed by atoms with Gasteiger partial charge in [0.15, 0.2) is 9.84 Å². The van der Waals surface area contributed by atoms with E-state index >= 15 is 0 Å². The number of rotatable bonds is 1. The van der Waals surface area contributed by atoms with Crippen molar-refractivity contribution in [3.8, 4) is 0 Å². The molecular formula is C9H14O4S. The van der Waals surface area contributed by atoms with E-state index in [1.54, 1.807) is 0 Å². The first-order chi connectivity index (χ1) is 6.46. The minimum Gasteiger partial charge on any atom is -0.481 e. The number of carbonyl (C=O) groups is 1. The molecule has 14 heavy (non-hydrogen) atoms. The molecule has 2 unspecified atom stereocenters. The van der Waals surface area contributed by atoms with Crippen LogP contribution in [0.5, 0.6) is 0 Å². The fourth-order valence-corrected chi connectivity index (χ4v) is 5.35. The van der Waals surface area contributed by atoms with Crippen LogP contribution in [0.3, 0.4) is 0 Å². The van der Waals surface area contributed by atoms with E-state index in [0.29, 0.717) is 6.42 Å². The van der Waals surface area contributed by atoms with Gasteiger partial charge in [0.1, 0.15) is 0 Å². The molecule has 80 valence electrons. The Morgan fingerprint density at radius 1 is 1.36 bits per heavy atom. The normalized spacial score (nSPS) is 40.4. The van der Waals surface area contributed by atoms with Crippen LogP contribution in [0.4, 0.5) is 0 Å². The lowest BCUT2D eigenvalue weighted by atomic mass is 9.68. The van der Waals surface area contributed by atoms with Crippen molar-refractivity contribution < 1.29 is 18.3 Å². The predicted molar refractivity (Wildman–Crippen MR) is 50.7 cm³/mol. The van der Waals surface area contributed by atoms with Crippen molar-refractivity contribution in [2.45, 2.75) is 25.7 Å². The summed E-state index contributed by atoms with van der Waals surface area (Å²) < 4.78 is 22.9. The van der Waals surface area contributed by atoms with E-state index in [9.17, 15) is 13.2 Å². The molecule has 1 aliphatic heterocycles. The van der Waals surface area contributed by atoms with Crippen LogP contribution >= 0.6 is 0 Å². The molecule has 0 spiro atoms. The molecule has 1 N–H and O–H groups in total. The first kappa shape index (κ1) is 9.96. The molecule has 0 bridgehead atoms. The van der Waals surface area contributed by atoms with E-state index in [1.807, 2.05) is 0 Å². The summed E-state index contributed by atoms with van der Waals surface area (Å²) in [4.78, 5) is 11.2. The molecule has 0 aromatic carbocycles. The lowest BCUT2D eigenvalue weighted by Crippen LogP contribution is -2.40. The van der Waals surface area contributed by atoms with Crippen molar-refractivity contribution in [1.29, 1.82) is 0 Å². The van der Waals surface area contributed by atoms with E-state index in [4.69, 9.17) is 5.11 Å². The zero-order valence-corrected chi connectivity index (χ0v) is 8.72. The van der Waals surface area contributed by atoms with Crippen molar-refractivity contribution in [3.63, 3.8) is 0 Å². The van der Waals surface area contributed by atoms with Crippen LogP contribution in [0.2, 0.25) is 0 Å². The number of hydrogen-bond acceptors (Lipinski definition) is 3. The Morgan fingerprint density at radius 2 is 2.07 bits per heavy atom. The SMILES string of the molecule is O=C(O)C12CCCCC1CS(=O)(=O)C2. The Labute approximate surface area is 83.2 Å². The van der Waals surface area contributed by atoms with E-state index in [-0.39, 0.29) is 17.4 Å². The highest BCUT2D eigenvalue weighted by atomic mass is 32.2. The summed E-state index contributed by atoms with van der Waals surface area (Å²) in [6, 6.07) is 0. The van der Waals surface area contributed by atoms with E-state index in [1.165, 1.54) is 0 Å². The van der Waals surface area contributed by atoms with Crippen molar-refractivity contribution in [2.75, 3.05) is 11.5 Å². The molecule has 0 aromatic heterocycles. The fraction of sp³-hybridized carbons (Fsp3) is 0.889. The molecule has 0 radical (unpaired) electrons. The number of hydrogen-bond donors (Lipinski definition) is 1. The molecule has 5 heteroatoms. The third-order valence-electron chi connectivity index (χ3n) is 3.57. The molecule has 1 saturated carbocycles. The molecule has 2 rings (SSSR count). The molecule has 0 amide bonds. The van der Waals surface area contributed by atoms with E-state index < -0.39 is 21.2 Å². The second kappa shape index (κ2) is 2.95. The van der Waals surface area contributed by atoms with Crippen LogP contribution in [0.15, 0.2) is 0 Å². The van der Waals surface area contributed by atoms with Gasteiger partial charge in [0.25, 0.3) is 0 Å². The Kier molecular flexibility index (Phi) is 2.10. The molecule has 1 heterocycles. The minimum absolute atomic E-state index is 0.0826. The highest BCUT2D eigenvalue weighted by Gasteiger charge is 2.56. The Hall–Kier alpha value is -0.580. The zero-order chi connectivity index (χ0) is 10.4. The van der Waals surface area contributed by atoms with Gasteiger partial charge in [-0.1, -0.05) is 12.8 Å². The highest BCUT2D eigenvalue weighted by Crippen LogP contribution is 2.47. The maximum atomic E-state index is 11.4. The maximum absolute atomic E-state index is 11.4. The lowest BCUT2D eigenvalue weighted by Gasteiger charge is -2.33. The Bertz CT molecular complexity index is 359. The molecule has 2 aliphatic rings. The topological polar surface area (TPSA) is 71.4 Å². The highest BCUT2D eigenvalue weighted by molar-refractivity contribution is 7.91. The van der Waals surface area contributed by atoms with Crippen LogP contribution in [0, 0.1) is 11.3 Å². The summed E-state index contributed by atoms with van der Waals surface area (Å²) in [6.07, 6.45) is 3.10. The van der Waals surface area contributed by atoms with Crippen LogP contribution in [0.25, 0.3) is 0 Å². The summed E-state index contributed by atoms with van der Waals surface area (Å²) in [7, 11) is -3.11. The Morgan fingerprint density at radius 3 is 2.64 bits per heavy atom. The van der Waals surface area contributed by atoms with Gasteiger partial charge in [-0.25, -0.2) is 8.42 Å². The summed E-state index contributed by atoms with van der Waals surface area (Å²) in [5.41, 5.74) is -0.947. The maximum Gasteiger partial charge on any atom is 0.310 e. The van der Waals surface area contributed by atoms with E-state index in [0.717, 1.165) is 19.3 Å².